The van der Waals surface area contributed by atoms with Crippen LogP contribution in [0.25, 0.3) is 0 Å². The van der Waals surface area contributed by atoms with E-state index in [0.29, 0.717) is 43.7 Å². The lowest BCUT2D eigenvalue weighted by Gasteiger charge is -2.29. The highest BCUT2D eigenvalue weighted by Crippen LogP contribution is 2.38. The van der Waals surface area contributed by atoms with E-state index in [1.807, 2.05) is 12.1 Å². The van der Waals surface area contributed by atoms with Crippen LogP contribution in [0.1, 0.15) is 85.7 Å². The Kier molecular flexibility index (Phi) is 13.4. The summed E-state index contributed by atoms with van der Waals surface area (Å²) in [5.41, 5.74) is 2.17. The van der Waals surface area contributed by atoms with Crippen molar-refractivity contribution < 1.29 is 35.5 Å². The van der Waals surface area contributed by atoms with Crippen molar-refractivity contribution >= 4 is 31.6 Å². The molecule has 0 aliphatic heterocycles. The lowest BCUT2D eigenvalue weighted by molar-refractivity contribution is 0.0111. The Morgan fingerprint density at radius 1 is 0.660 bits per heavy atom. The maximum absolute atomic E-state index is 13.9. The minimum Gasteiger partial charge on any atom is -0.372 e. The van der Waals surface area contributed by atoms with Gasteiger partial charge in [-0.15, -0.1) is 0 Å². The van der Waals surface area contributed by atoms with Gasteiger partial charge in [0.15, 0.2) is 0 Å². The summed E-state index contributed by atoms with van der Waals surface area (Å²) in [6.07, 6.45) is 10.2. The van der Waals surface area contributed by atoms with Crippen molar-refractivity contribution in [2.45, 2.75) is 88.6 Å². The van der Waals surface area contributed by atoms with Crippen molar-refractivity contribution in [3.05, 3.63) is 123 Å². The van der Waals surface area contributed by atoms with Gasteiger partial charge in [0.25, 0.3) is 0 Å². The molecule has 268 valence electrons. The molecule has 2 aromatic carbocycles. The van der Waals surface area contributed by atoms with Crippen molar-refractivity contribution in [3.63, 3.8) is 0 Å². The van der Waals surface area contributed by atoms with Crippen LogP contribution in [-0.4, -0.2) is 36.8 Å². The molecule has 0 amide bonds. The molecule has 0 radical (unpaired) electrons. The molecule has 1 N–H and O–H groups in total. The van der Waals surface area contributed by atoms with E-state index in [1.165, 1.54) is 36.4 Å². The van der Waals surface area contributed by atoms with Gasteiger partial charge >= 0.3 is 0 Å². The van der Waals surface area contributed by atoms with E-state index in [4.69, 9.17) is 9.47 Å². The fourth-order valence-corrected chi connectivity index (χ4v) is 7.56. The van der Waals surface area contributed by atoms with Crippen LogP contribution in [0.5, 0.6) is 0 Å². The molecule has 50 heavy (non-hydrogen) atoms. The van der Waals surface area contributed by atoms with Gasteiger partial charge in [-0.05, 0) is 128 Å². The second-order valence-corrected chi connectivity index (χ2v) is 15.2. The van der Waals surface area contributed by atoms with Gasteiger partial charge in [-0.2, -0.15) is 0 Å². The predicted molar refractivity (Wildman–Crippen MR) is 187 cm³/mol. The molecule has 7 nitrogen and oxygen atoms in total. The Bertz CT molecular complexity index is 1790. The Morgan fingerprint density at radius 3 is 1.52 bits per heavy atom. The molecule has 0 bridgehead atoms. The molecule has 2 saturated carbocycles. The molecule has 0 unspecified atom stereocenters. The van der Waals surface area contributed by atoms with Gasteiger partial charge in [-0.3, -0.25) is 14.7 Å². The summed E-state index contributed by atoms with van der Waals surface area (Å²) in [5.74, 6) is -2.08. The molecular weight excluding hydrogens is 738 g/mol. The SMILES string of the molecule is CS(=O)(=O)Nc1cccnc1COC1CCC(c2c(F)cccc2F)CC1.Fc1cccc(F)c1C1CCC(OCc2ncccc2Br)CC1. The molecule has 6 rings (SSSR count). The van der Waals surface area contributed by atoms with Crippen molar-refractivity contribution in [3.8, 4) is 0 Å². The van der Waals surface area contributed by atoms with Gasteiger partial charge in [-0.25, -0.2) is 26.0 Å². The van der Waals surface area contributed by atoms with Crippen LogP contribution in [0.4, 0.5) is 23.2 Å². The Hall–Kier alpha value is -3.39. The lowest BCUT2D eigenvalue weighted by atomic mass is 9.82. The summed E-state index contributed by atoms with van der Waals surface area (Å²) in [6, 6.07) is 15.1. The third-order valence-electron chi connectivity index (χ3n) is 9.10. The van der Waals surface area contributed by atoms with E-state index < -0.39 is 33.3 Å². The first kappa shape index (κ1) is 37.9. The highest BCUT2D eigenvalue weighted by Gasteiger charge is 2.28. The summed E-state index contributed by atoms with van der Waals surface area (Å²) < 4.78 is 93.7. The number of anilines is 1. The number of hydrogen-bond acceptors (Lipinski definition) is 6. The maximum Gasteiger partial charge on any atom is 0.229 e. The first-order valence-electron chi connectivity index (χ1n) is 16.6. The number of nitrogens with one attached hydrogen (secondary N) is 1. The Morgan fingerprint density at radius 2 is 1.08 bits per heavy atom. The smallest absolute Gasteiger partial charge is 0.229 e. The van der Waals surface area contributed by atoms with Crippen LogP contribution in [-0.2, 0) is 32.7 Å². The molecule has 0 atom stereocenters. The zero-order chi connectivity index (χ0) is 35.7. The van der Waals surface area contributed by atoms with Crippen molar-refractivity contribution in [1.82, 2.24) is 9.97 Å². The van der Waals surface area contributed by atoms with Gasteiger partial charge in [0.2, 0.25) is 10.0 Å². The highest BCUT2D eigenvalue weighted by molar-refractivity contribution is 9.10. The number of pyridine rings is 2. The van der Waals surface area contributed by atoms with Crippen LogP contribution in [0.2, 0.25) is 0 Å². The molecule has 2 aliphatic carbocycles. The van der Waals surface area contributed by atoms with Crippen LogP contribution in [0, 0.1) is 23.3 Å². The van der Waals surface area contributed by atoms with Crippen LogP contribution < -0.4 is 4.72 Å². The number of hydrogen-bond donors (Lipinski definition) is 1. The van der Waals surface area contributed by atoms with Gasteiger partial charge in [-0.1, -0.05) is 12.1 Å². The molecule has 2 aromatic heterocycles. The monoisotopic (exact) mass is 777 g/mol. The summed E-state index contributed by atoms with van der Waals surface area (Å²) >= 11 is 3.45. The second-order valence-electron chi connectivity index (χ2n) is 12.6. The fourth-order valence-electron chi connectivity index (χ4n) is 6.60. The minimum absolute atomic E-state index is 0.0517. The molecule has 2 heterocycles. The zero-order valence-electron chi connectivity index (χ0n) is 27.6. The number of rotatable bonds is 10. The van der Waals surface area contributed by atoms with Crippen LogP contribution in [0.15, 0.2) is 77.5 Å². The number of ether oxygens (including phenoxy) is 2. The van der Waals surface area contributed by atoms with Crippen molar-refractivity contribution in [2.75, 3.05) is 11.0 Å². The zero-order valence-corrected chi connectivity index (χ0v) is 30.0. The highest BCUT2D eigenvalue weighted by atomic mass is 79.9. The number of benzene rings is 2. The first-order valence-corrected chi connectivity index (χ1v) is 19.3. The van der Waals surface area contributed by atoms with Crippen LogP contribution >= 0.6 is 15.9 Å². The molecule has 13 heteroatoms. The normalized spacial score (nSPS) is 20.8. The van der Waals surface area contributed by atoms with Gasteiger partial charge in [0.05, 0.1) is 48.8 Å². The summed E-state index contributed by atoms with van der Waals surface area (Å²) in [7, 11) is -3.41. The quantitative estimate of drug-likeness (QED) is 0.162. The number of sulfonamides is 1. The minimum atomic E-state index is -3.41. The lowest BCUT2D eigenvalue weighted by Crippen LogP contribution is -2.22. The van der Waals surface area contributed by atoms with E-state index in [1.54, 1.807) is 24.5 Å². The standard InChI is InChI=1S/C19H22F2N2O3S.C18H18BrF2NO/c1-27(24,25)23-17-6-3-11-22-18(17)12-26-14-9-7-13(8-10-14)19-15(20)4-2-5-16(19)21;19-14-3-2-10-22-17(14)11-23-13-8-6-12(7-9-13)18-15(20)4-1-5-16(18)21/h2-6,11,13-14,23H,7-10,12H2,1H3;1-5,10,12-13H,6-9,11H2. The number of nitrogens with zero attached hydrogens (tertiary/aromatic N) is 2. The third kappa shape index (κ3) is 10.6. The molecule has 0 saturated heterocycles. The Labute approximate surface area is 299 Å². The van der Waals surface area contributed by atoms with Crippen LogP contribution in [0.3, 0.4) is 0 Å². The first-order chi connectivity index (χ1) is 24.0. The molecular formula is C37H40BrF4N3O4S. The largest absolute Gasteiger partial charge is 0.372 e. The topological polar surface area (TPSA) is 90.4 Å². The summed E-state index contributed by atoms with van der Waals surface area (Å²) in [6.45, 7) is 0.618. The molecule has 0 spiro atoms. The van der Waals surface area contributed by atoms with Gasteiger partial charge in [0.1, 0.15) is 23.3 Å². The van der Waals surface area contributed by atoms with E-state index in [2.05, 4.69) is 30.6 Å². The molecule has 2 fully saturated rings. The maximum atomic E-state index is 13.9. The van der Waals surface area contributed by atoms with E-state index in [9.17, 15) is 26.0 Å². The van der Waals surface area contributed by atoms with Crippen molar-refractivity contribution in [2.24, 2.45) is 0 Å². The van der Waals surface area contributed by atoms with Gasteiger partial charge < -0.3 is 9.47 Å². The average Bonchev–Trinajstić information content (AvgIpc) is 3.08. The third-order valence-corrected chi connectivity index (χ3v) is 10.4. The van der Waals surface area contributed by atoms with E-state index in [-0.39, 0.29) is 41.8 Å². The number of halogens is 5. The number of aromatic nitrogens is 2. The Balaban J connectivity index is 0.000000197. The predicted octanol–water partition coefficient (Wildman–Crippen LogP) is 9.34. The average molecular weight is 779 g/mol. The van der Waals surface area contributed by atoms with E-state index in [0.717, 1.165) is 42.1 Å². The summed E-state index contributed by atoms with van der Waals surface area (Å²) in [5, 5.41) is 0. The summed E-state index contributed by atoms with van der Waals surface area (Å²) in [4.78, 5) is 8.46. The van der Waals surface area contributed by atoms with Crippen molar-refractivity contribution in [1.29, 1.82) is 0 Å². The molecule has 2 aliphatic rings. The second kappa shape index (κ2) is 17.7. The fraction of sp³-hybridized carbons (Fsp3) is 0.405. The molecule has 4 aromatic rings. The van der Waals surface area contributed by atoms with Gasteiger partial charge in [0, 0.05) is 28.0 Å². The van der Waals surface area contributed by atoms with E-state index >= 15 is 0 Å².